The summed E-state index contributed by atoms with van der Waals surface area (Å²) in [6.45, 7) is 3.42. The van der Waals surface area contributed by atoms with E-state index in [0.29, 0.717) is 5.56 Å². The van der Waals surface area contributed by atoms with Crippen LogP contribution in [0.2, 0.25) is 0 Å². The maximum absolute atomic E-state index is 12.4. The lowest BCUT2D eigenvalue weighted by atomic mass is 10.1. The Bertz CT molecular complexity index is 723. The van der Waals surface area contributed by atoms with Gasteiger partial charge in [-0.15, -0.1) is 6.58 Å². The molecular formula is C17H19NO3S. The second-order valence-corrected chi connectivity index (χ2v) is 5.90. The van der Waals surface area contributed by atoms with Gasteiger partial charge in [-0.25, -0.2) is 0 Å². The Hall–Kier alpha value is -2.21. The van der Waals surface area contributed by atoms with Crippen LogP contribution in [-0.4, -0.2) is 15.0 Å². The second kappa shape index (κ2) is 8.29. The molecule has 0 aliphatic carbocycles. The molecule has 0 aliphatic heterocycles. The largest absolute Gasteiger partial charge is 0.344 e. The van der Waals surface area contributed by atoms with Gasteiger partial charge in [0.1, 0.15) is 4.91 Å². The van der Waals surface area contributed by atoms with Crippen molar-refractivity contribution >= 4 is 21.1 Å². The molecule has 0 aliphatic rings. The second-order valence-electron chi connectivity index (χ2n) is 4.31. The van der Waals surface area contributed by atoms with Crippen LogP contribution >= 0.6 is 0 Å². The van der Waals surface area contributed by atoms with Gasteiger partial charge in [-0.1, -0.05) is 66.7 Å². The van der Waals surface area contributed by atoms with Crippen LogP contribution in [0.3, 0.4) is 0 Å². The van der Waals surface area contributed by atoms with Gasteiger partial charge in [0.15, 0.2) is 0 Å². The zero-order valence-electron chi connectivity index (χ0n) is 12.2. The van der Waals surface area contributed by atoms with Gasteiger partial charge in [0.05, 0.1) is 6.61 Å². The summed E-state index contributed by atoms with van der Waals surface area (Å²) in [6, 6.07) is 18.2. The van der Waals surface area contributed by atoms with Crippen molar-refractivity contribution in [2.75, 3.05) is 6.61 Å². The molecule has 2 aromatic carbocycles. The fourth-order valence-electron chi connectivity index (χ4n) is 1.80. The Labute approximate surface area is 131 Å². The summed E-state index contributed by atoms with van der Waals surface area (Å²) in [6.07, 6.45) is 3.01. The van der Waals surface area contributed by atoms with Gasteiger partial charge in [0.25, 0.3) is 10.1 Å². The smallest absolute Gasteiger partial charge is 0.297 e. The summed E-state index contributed by atoms with van der Waals surface area (Å²) in [4.78, 5) is 0.135. The van der Waals surface area contributed by atoms with Crippen LogP contribution in [0.15, 0.2) is 73.3 Å². The van der Waals surface area contributed by atoms with Gasteiger partial charge in [0.2, 0.25) is 0 Å². The van der Waals surface area contributed by atoms with E-state index in [1.54, 1.807) is 30.3 Å². The standard InChI is InChI=1S/C17H16O3S.H3N/c1-2-13-20-21(18,19)17(16-11-7-4-8-12-16)14-15-9-5-3-6-10-15;/h2-12,14H,1,13H2;1H3. The lowest BCUT2D eigenvalue weighted by Crippen LogP contribution is -2.08. The van der Waals surface area contributed by atoms with Gasteiger partial charge in [-0.3, -0.25) is 4.18 Å². The highest BCUT2D eigenvalue weighted by Gasteiger charge is 2.20. The Morgan fingerprint density at radius 2 is 1.55 bits per heavy atom. The van der Waals surface area contributed by atoms with E-state index in [1.807, 2.05) is 36.4 Å². The Morgan fingerprint density at radius 1 is 1.00 bits per heavy atom. The minimum absolute atomic E-state index is 0. The van der Waals surface area contributed by atoms with Gasteiger partial charge in [0, 0.05) is 0 Å². The maximum Gasteiger partial charge on any atom is 0.297 e. The van der Waals surface area contributed by atoms with Crippen molar-refractivity contribution in [2.24, 2.45) is 0 Å². The van der Waals surface area contributed by atoms with Gasteiger partial charge < -0.3 is 6.15 Å². The number of benzene rings is 2. The van der Waals surface area contributed by atoms with E-state index in [9.17, 15) is 8.42 Å². The molecule has 5 heteroatoms. The first-order chi connectivity index (χ1) is 10.1. The fraction of sp³-hybridized carbons (Fsp3) is 0.0588. The normalized spacial score (nSPS) is 11.5. The molecule has 0 radical (unpaired) electrons. The average molecular weight is 317 g/mol. The van der Waals surface area contributed by atoms with Crippen LogP contribution in [0.25, 0.3) is 11.0 Å². The predicted molar refractivity (Wildman–Crippen MR) is 90.8 cm³/mol. The third-order valence-corrected chi connectivity index (χ3v) is 4.10. The minimum Gasteiger partial charge on any atom is -0.344 e. The Kier molecular flexibility index (Phi) is 6.72. The van der Waals surface area contributed by atoms with Crippen molar-refractivity contribution in [3.8, 4) is 0 Å². The molecule has 22 heavy (non-hydrogen) atoms. The Balaban J connectivity index is 0.00000242. The zero-order valence-corrected chi connectivity index (χ0v) is 13.0. The first-order valence-electron chi connectivity index (χ1n) is 6.46. The van der Waals surface area contributed by atoms with Gasteiger partial charge >= 0.3 is 0 Å². The van der Waals surface area contributed by atoms with Crippen LogP contribution in [-0.2, 0) is 14.3 Å². The summed E-state index contributed by atoms with van der Waals surface area (Å²) in [5, 5.41) is 0. The van der Waals surface area contributed by atoms with E-state index in [4.69, 9.17) is 4.18 Å². The molecule has 4 nitrogen and oxygen atoms in total. The van der Waals surface area contributed by atoms with E-state index >= 15 is 0 Å². The predicted octanol–water partition coefficient (Wildman–Crippen LogP) is 3.88. The summed E-state index contributed by atoms with van der Waals surface area (Å²) in [7, 11) is -3.85. The molecule has 2 rings (SSSR count). The molecule has 0 unspecified atom stereocenters. The van der Waals surface area contributed by atoms with Crippen molar-refractivity contribution < 1.29 is 12.6 Å². The van der Waals surface area contributed by atoms with E-state index in [-0.39, 0.29) is 17.7 Å². The van der Waals surface area contributed by atoms with Crippen molar-refractivity contribution in [1.82, 2.24) is 6.15 Å². The van der Waals surface area contributed by atoms with Crippen LogP contribution in [0.5, 0.6) is 0 Å². The highest BCUT2D eigenvalue weighted by atomic mass is 32.2. The van der Waals surface area contributed by atoms with Crippen LogP contribution in [0, 0.1) is 0 Å². The molecule has 0 atom stereocenters. The van der Waals surface area contributed by atoms with E-state index in [1.165, 1.54) is 6.08 Å². The first-order valence-corrected chi connectivity index (χ1v) is 7.87. The van der Waals surface area contributed by atoms with Gasteiger partial charge in [-0.05, 0) is 17.2 Å². The SMILES string of the molecule is C=CCOS(=O)(=O)C(=Cc1ccccc1)c1ccccc1.N. The topological polar surface area (TPSA) is 78.4 Å². The quantitative estimate of drug-likeness (QED) is 0.498. The van der Waals surface area contributed by atoms with Crippen molar-refractivity contribution in [2.45, 2.75) is 0 Å². The van der Waals surface area contributed by atoms with Crippen molar-refractivity contribution in [3.63, 3.8) is 0 Å². The molecule has 0 amide bonds. The lowest BCUT2D eigenvalue weighted by Gasteiger charge is -2.09. The summed E-state index contributed by atoms with van der Waals surface area (Å²) in [5.74, 6) is 0. The lowest BCUT2D eigenvalue weighted by molar-refractivity contribution is 0.366. The van der Waals surface area contributed by atoms with E-state index in [2.05, 4.69) is 6.58 Å². The third kappa shape index (κ3) is 4.66. The molecule has 0 spiro atoms. The first kappa shape index (κ1) is 17.8. The van der Waals surface area contributed by atoms with Crippen molar-refractivity contribution in [1.29, 1.82) is 0 Å². The highest BCUT2D eigenvalue weighted by Crippen LogP contribution is 2.25. The van der Waals surface area contributed by atoms with Crippen molar-refractivity contribution in [3.05, 3.63) is 84.4 Å². The molecule has 2 aromatic rings. The Morgan fingerprint density at radius 3 is 2.09 bits per heavy atom. The summed E-state index contributed by atoms with van der Waals surface area (Å²) in [5.41, 5.74) is 1.38. The molecule has 3 N–H and O–H groups in total. The van der Waals surface area contributed by atoms with Crippen LogP contribution < -0.4 is 6.15 Å². The molecule has 0 fully saturated rings. The monoisotopic (exact) mass is 317 g/mol. The molecule has 116 valence electrons. The molecule has 0 saturated heterocycles. The highest BCUT2D eigenvalue weighted by molar-refractivity contribution is 7.96. The molecule has 0 bridgehead atoms. The summed E-state index contributed by atoms with van der Waals surface area (Å²) >= 11 is 0. The van der Waals surface area contributed by atoms with Crippen LogP contribution in [0.4, 0.5) is 0 Å². The molecule has 0 saturated carbocycles. The number of rotatable bonds is 6. The van der Waals surface area contributed by atoms with Gasteiger partial charge in [-0.2, -0.15) is 8.42 Å². The van der Waals surface area contributed by atoms with Crippen LogP contribution in [0.1, 0.15) is 11.1 Å². The minimum atomic E-state index is -3.85. The maximum atomic E-state index is 12.4. The molecular weight excluding hydrogens is 298 g/mol. The van der Waals surface area contributed by atoms with E-state index < -0.39 is 10.1 Å². The van der Waals surface area contributed by atoms with E-state index in [0.717, 1.165) is 5.56 Å². The summed E-state index contributed by atoms with van der Waals surface area (Å²) < 4.78 is 29.7. The zero-order chi connectivity index (χ0) is 15.1. The fourth-order valence-corrected chi connectivity index (χ4v) is 2.91. The molecule has 0 aromatic heterocycles. The third-order valence-electron chi connectivity index (χ3n) is 2.77. The number of hydrogen-bond acceptors (Lipinski definition) is 4. The molecule has 0 heterocycles. The average Bonchev–Trinajstić information content (AvgIpc) is 2.52. The number of hydrogen-bond donors (Lipinski definition) is 1.